The van der Waals surface area contributed by atoms with Crippen LogP contribution in [0.3, 0.4) is 0 Å². The van der Waals surface area contributed by atoms with E-state index in [-0.39, 0.29) is 45.1 Å². The Labute approximate surface area is 322 Å². The van der Waals surface area contributed by atoms with Crippen molar-refractivity contribution < 1.29 is 51.0 Å². The van der Waals surface area contributed by atoms with Gasteiger partial charge in [0.25, 0.3) is 0 Å². The number of likely N-dealkylation sites (N-methyl/N-ethyl adjacent to an activating group) is 1. The van der Waals surface area contributed by atoms with Gasteiger partial charge >= 0.3 is 18.3 Å². The molecule has 0 aliphatic carbocycles. The van der Waals surface area contributed by atoms with Gasteiger partial charge in [-0.2, -0.15) is 4.90 Å². The van der Waals surface area contributed by atoms with E-state index in [1.807, 2.05) is 13.8 Å². The molecule has 0 radical (unpaired) electrons. The van der Waals surface area contributed by atoms with E-state index in [0.717, 1.165) is 23.3 Å². The van der Waals surface area contributed by atoms with Gasteiger partial charge < -0.3 is 24.8 Å². The Hall–Kier alpha value is -5.84. The average Bonchev–Trinajstić information content (AvgIpc) is 3.07. The molecule has 4 amide bonds. The van der Waals surface area contributed by atoms with Crippen molar-refractivity contribution in [1.29, 1.82) is 0 Å². The highest BCUT2D eigenvalue weighted by molar-refractivity contribution is 7.92. The summed E-state index contributed by atoms with van der Waals surface area (Å²) in [5.41, 5.74) is 0.767. The van der Waals surface area contributed by atoms with Gasteiger partial charge in [-0.25, -0.2) is 36.6 Å². The summed E-state index contributed by atoms with van der Waals surface area (Å²) in [7, 11) is -2.85. The summed E-state index contributed by atoms with van der Waals surface area (Å²) in [6.45, 7) is 10.5. The molecule has 4 bridgehead atoms. The Morgan fingerprint density at radius 2 is 1.79 bits per heavy atom. The van der Waals surface area contributed by atoms with Crippen molar-refractivity contribution in [2.24, 2.45) is 0 Å². The molecular weight excluding hydrogens is 753 g/mol. The molecule has 1 aromatic heterocycles. The Balaban J connectivity index is 1.63. The Bertz CT molecular complexity index is 2350. The number of ether oxygens (including phenoxy) is 2. The van der Waals surface area contributed by atoms with E-state index in [1.54, 1.807) is 18.2 Å². The molecule has 14 nitrogen and oxygen atoms in total. The van der Waals surface area contributed by atoms with Crippen molar-refractivity contribution in [3.05, 3.63) is 88.6 Å². The second-order valence-electron chi connectivity index (χ2n) is 14.8. The van der Waals surface area contributed by atoms with Gasteiger partial charge in [0, 0.05) is 37.1 Å². The van der Waals surface area contributed by atoms with Crippen molar-refractivity contribution in [2.75, 3.05) is 29.2 Å². The van der Waals surface area contributed by atoms with Crippen molar-refractivity contribution >= 4 is 62.0 Å². The number of carboxylic acid groups (broad SMARTS) is 1. The van der Waals surface area contributed by atoms with Crippen molar-refractivity contribution in [1.82, 2.24) is 9.88 Å². The normalized spacial score (nSPS) is 16.7. The molecule has 2 aliphatic heterocycles. The minimum absolute atomic E-state index is 0.0645. The Morgan fingerprint density at radius 1 is 1.09 bits per heavy atom. The monoisotopic (exact) mass is 795 g/mol. The maximum Gasteiger partial charge on any atom is 0.425 e. The molecule has 298 valence electrons. The second-order valence-corrected chi connectivity index (χ2v) is 17.3. The Kier molecular flexibility index (Phi) is 11.6. The molecule has 3 heterocycles. The third-order valence-corrected chi connectivity index (χ3v) is 11.3. The maximum absolute atomic E-state index is 16.2. The quantitative estimate of drug-likeness (QED) is 0.178. The largest absolute Gasteiger partial charge is 0.464 e. The molecule has 2 atom stereocenters. The molecule has 4 aromatic rings. The number of sulfone groups is 1. The summed E-state index contributed by atoms with van der Waals surface area (Å²) in [6.07, 6.45) is -2.74. The van der Waals surface area contributed by atoms with Crippen LogP contribution in [0.2, 0.25) is 0 Å². The number of anilines is 3. The molecule has 2 aliphatic rings. The third-order valence-electron chi connectivity index (χ3n) is 9.01. The number of pyridine rings is 1. The first-order valence-corrected chi connectivity index (χ1v) is 19.1. The lowest BCUT2D eigenvalue weighted by Crippen LogP contribution is -2.40. The van der Waals surface area contributed by atoms with Crippen molar-refractivity contribution in [3.8, 4) is 0 Å². The van der Waals surface area contributed by atoms with Crippen LogP contribution in [0.5, 0.6) is 0 Å². The van der Waals surface area contributed by atoms with Gasteiger partial charge in [0.15, 0.2) is 15.7 Å². The summed E-state index contributed by atoms with van der Waals surface area (Å²) < 4.78 is 69.4. The summed E-state index contributed by atoms with van der Waals surface area (Å²) in [4.78, 5) is 57.1. The van der Waals surface area contributed by atoms with E-state index in [2.05, 4.69) is 15.6 Å². The molecule has 6 rings (SSSR count). The fourth-order valence-corrected chi connectivity index (χ4v) is 7.63. The molecule has 3 N–H and O–H groups in total. The van der Waals surface area contributed by atoms with E-state index >= 15 is 8.78 Å². The zero-order chi connectivity index (χ0) is 41.4. The fourth-order valence-electron chi connectivity index (χ4n) is 6.34. The number of hydrogen-bond donors (Lipinski definition) is 3. The topological polar surface area (TPSA) is 185 Å². The fraction of sp³-hybridized carbons (Fsp3) is 0.359. The Morgan fingerprint density at radius 3 is 2.41 bits per heavy atom. The molecule has 0 saturated carbocycles. The number of carbonyl (C=O) groups excluding carboxylic acids is 3. The van der Waals surface area contributed by atoms with Gasteiger partial charge in [0.1, 0.15) is 28.2 Å². The van der Waals surface area contributed by atoms with Gasteiger partial charge in [-0.3, -0.25) is 10.1 Å². The number of nitrogens with one attached hydrogen (secondary N) is 2. The molecule has 3 aromatic carbocycles. The zero-order valence-corrected chi connectivity index (χ0v) is 32.9. The van der Waals surface area contributed by atoms with Crippen LogP contribution in [-0.4, -0.2) is 72.1 Å². The summed E-state index contributed by atoms with van der Waals surface area (Å²) in [6, 6.07) is 9.95. The SMILES string of the molecule is Cc1cc2ccc1[C@@H](C)COC(=O)Nc1cc(F)c(S(=O)(=O)C(C)C)c(c1)CN(C)C(=O)[C@@H]2Nc1cc(F)c2c(N(C(=O)O)C(=O)OC(C)(C)C)nccc2c1. The first-order valence-electron chi connectivity index (χ1n) is 17.5. The summed E-state index contributed by atoms with van der Waals surface area (Å²) >= 11 is 0. The highest BCUT2D eigenvalue weighted by atomic mass is 32.2. The maximum atomic E-state index is 16.2. The number of aromatic nitrogens is 1. The molecule has 0 spiro atoms. The minimum atomic E-state index is -4.23. The van der Waals surface area contributed by atoms with E-state index < -0.39 is 79.8 Å². The van der Waals surface area contributed by atoms with Gasteiger partial charge in [0.2, 0.25) is 5.91 Å². The van der Waals surface area contributed by atoms with Crippen LogP contribution in [0.4, 0.5) is 40.4 Å². The van der Waals surface area contributed by atoms with Crippen molar-refractivity contribution in [2.45, 2.75) is 82.7 Å². The standard InChI is InChI=1S/C39H43F2N5O9S/c1-20(2)56(52,53)33-25-15-27(17-30(33)41)44-36(48)54-19-22(4)28-10-9-24(13-21(28)3)32(35(47)45(8)18-25)43-26-14-23-11-12-42-34(31(23)29(40)16-26)46(37(49)50)38(51)55-39(5,6)7/h9-17,20,22,32,43H,18-19H2,1-8H3,(H,44,48)(H,49,50)/t22-,32+/m0/s1. The highest BCUT2D eigenvalue weighted by Gasteiger charge is 2.34. The smallest absolute Gasteiger partial charge is 0.425 e. The highest BCUT2D eigenvalue weighted by Crippen LogP contribution is 2.35. The van der Waals surface area contributed by atoms with Gasteiger partial charge in [-0.1, -0.05) is 25.1 Å². The lowest BCUT2D eigenvalue weighted by molar-refractivity contribution is -0.131. The predicted octanol–water partition coefficient (Wildman–Crippen LogP) is 7.90. The van der Waals surface area contributed by atoms with E-state index in [1.165, 1.54) is 71.0 Å². The molecule has 17 heteroatoms. The van der Waals surface area contributed by atoms with Gasteiger partial charge in [0.05, 0.1) is 17.2 Å². The van der Waals surface area contributed by atoms with Crippen molar-refractivity contribution in [3.63, 3.8) is 0 Å². The number of imide groups is 1. The molecule has 0 saturated heterocycles. The number of hydrogen-bond acceptors (Lipinski definition) is 10. The number of rotatable bonds is 5. The van der Waals surface area contributed by atoms with Crippen LogP contribution in [0.1, 0.15) is 75.8 Å². The average molecular weight is 796 g/mol. The zero-order valence-electron chi connectivity index (χ0n) is 32.1. The molecule has 56 heavy (non-hydrogen) atoms. The van der Waals surface area contributed by atoms with Crippen LogP contribution in [0.25, 0.3) is 10.8 Å². The lowest BCUT2D eigenvalue weighted by Gasteiger charge is -2.28. The van der Waals surface area contributed by atoms with Crippen LogP contribution in [-0.2, 0) is 30.7 Å². The second kappa shape index (κ2) is 15.7. The number of amides is 4. The van der Waals surface area contributed by atoms with Gasteiger partial charge in [-0.05, 0) is 99.5 Å². The van der Waals surface area contributed by atoms with Crippen LogP contribution < -0.4 is 15.5 Å². The first kappa shape index (κ1) is 41.3. The van der Waals surface area contributed by atoms with E-state index in [4.69, 9.17) is 9.47 Å². The van der Waals surface area contributed by atoms with E-state index in [9.17, 15) is 32.7 Å². The van der Waals surface area contributed by atoms with Crippen LogP contribution in [0.15, 0.2) is 59.6 Å². The third kappa shape index (κ3) is 8.67. The number of benzene rings is 3. The number of fused-ring (bicyclic) bond motifs is 10. The van der Waals surface area contributed by atoms with Crippen LogP contribution in [0, 0.1) is 18.6 Å². The number of aryl methyl sites for hydroxylation is 1. The van der Waals surface area contributed by atoms with Crippen LogP contribution >= 0.6 is 0 Å². The summed E-state index contributed by atoms with van der Waals surface area (Å²) in [5.74, 6) is -3.58. The molecule has 0 fully saturated rings. The van der Waals surface area contributed by atoms with E-state index in [0.29, 0.717) is 5.56 Å². The number of carbonyl (C=O) groups is 4. The summed E-state index contributed by atoms with van der Waals surface area (Å²) in [5, 5.41) is 14.2. The molecule has 0 unspecified atom stereocenters. The van der Waals surface area contributed by atoms with Gasteiger partial charge in [-0.15, -0.1) is 0 Å². The first-order chi connectivity index (χ1) is 26.1. The number of nitrogens with zero attached hydrogens (tertiary/aromatic N) is 3. The lowest BCUT2D eigenvalue weighted by atomic mass is 9.93. The number of halogens is 2. The molecular formula is C39H43F2N5O9S. The predicted molar refractivity (Wildman–Crippen MR) is 205 cm³/mol. The minimum Gasteiger partial charge on any atom is -0.464 e.